The number of carbonyl (C=O) groups is 1. The van der Waals surface area contributed by atoms with Gasteiger partial charge in [0.05, 0.1) is 20.8 Å². The van der Waals surface area contributed by atoms with Gasteiger partial charge in [-0.25, -0.2) is 13.4 Å². The molecule has 7 nitrogen and oxygen atoms in total. The highest BCUT2D eigenvalue weighted by Crippen LogP contribution is 2.32. The number of carbonyl (C=O) groups excluding carboxylic acids is 1. The minimum Gasteiger partial charge on any atom is -0.302 e. The van der Waals surface area contributed by atoms with Crippen molar-refractivity contribution in [3.05, 3.63) is 78.4 Å². The van der Waals surface area contributed by atoms with Crippen molar-refractivity contribution >= 4 is 72.5 Å². The van der Waals surface area contributed by atoms with Gasteiger partial charge in [0.1, 0.15) is 0 Å². The molecule has 1 heterocycles. The summed E-state index contributed by atoms with van der Waals surface area (Å²) >= 11 is 3.17. The quantitative estimate of drug-likeness (QED) is 0.166. The maximum atomic E-state index is 13.8. The number of hydrogen-bond acceptors (Lipinski definition) is 7. The van der Waals surface area contributed by atoms with E-state index in [4.69, 9.17) is 4.98 Å². The first-order valence-corrected chi connectivity index (χ1v) is 16.5. The number of nitrogens with zero attached hydrogens (tertiary/aromatic N) is 4. The van der Waals surface area contributed by atoms with Gasteiger partial charge in [0, 0.05) is 30.1 Å². The third-order valence-electron chi connectivity index (χ3n) is 6.62. The van der Waals surface area contributed by atoms with Gasteiger partial charge in [0.15, 0.2) is 5.13 Å². The summed E-state index contributed by atoms with van der Waals surface area (Å²) in [5.74, 6) is -0.203. The van der Waals surface area contributed by atoms with Gasteiger partial charge in [-0.05, 0) is 80.9 Å². The third kappa shape index (κ3) is 6.98. The number of thioether (sulfide) groups is 1. The second kappa shape index (κ2) is 14.3. The Bertz CT molecular complexity index is 1510. The van der Waals surface area contributed by atoms with E-state index in [1.54, 1.807) is 47.9 Å². The SMILES string of the molecule is CCN(CC)CCN(C(=O)c1ccc(S(=O)(=O)N(CC)c2ccccc2)cc1)c1nc2ccc(SC)cc2s1.Cl. The molecule has 0 N–H and O–H groups in total. The number of halogens is 1. The number of hydrogen-bond donors (Lipinski definition) is 0. The molecule has 11 heteroatoms. The third-order valence-corrected chi connectivity index (χ3v) is 10.3. The molecule has 0 aliphatic heterocycles. The molecule has 1 aromatic heterocycles. The van der Waals surface area contributed by atoms with E-state index < -0.39 is 10.0 Å². The maximum absolute atomic E-state index is 13.8. The summed E-state index contributed by atoms with van der Waals surface area (Å²) in [6.45, 7) is 9.26. The highest BCUT2D eigenvalue weighted by Gasteiger charge is 2.26. The van der Waals surface area contributed by atoms with E-state index in [2.05, 4.69) is 24.8 Å². The number of fused-ring (bicyclic) bond motifs is 1. The average Bonchev–Trinajstić information content (AvgIpc) is 3.39. The molecule has 4 rings (SSSR count). The summed E-state index contributed by atoms with van der Waals surface area (Å²) in [6.07, 6.45) is 2.03. The zero-order valence-electron chi connectivity index (χ0n) is 23.1. The van der Waals surface area contributed by atoms with Gasteiger partial charge in [-0.1, -0.05) is 43.4 Å². The van der Waals surface area contributed by atoms with Crippen LogP contribution < -0.4 is 9.21 Å². The van der Waals surface area contributed by atoms with Crippen LogP contribution in [0.1, 0.15) is 31.1 Å². The summed E-state index contributed by atoms with van der Waals surface area (Å²) in [4.78, 5) is 23.9. The van der Waals surface area contributed by atoms with Gasteiger partial charge in [0.25, 0.3) is 15.9 Å². The number of rotatable bonds is 12. The van der Waals surface area contributed by atoms with E-state index in [1.807, 2.05) is 36.6 Å². The lowest BCUT2D eigenvalue weighted by Gasteiger charge is -2.25. The fourth-order valence-electron chi connectivity index (χ4n) is 4.34. The molecule has 0 unspecified atom stereocenters. The molecule has 0 atom stereocenters. The predicted octanol–water partition coefficient (Wildman–Crippen LogP) is 6.64. The molecule has 0 aliphatic carbocycles. The topological polar surface area (TPSA) is 73.8 Å². The smallest absolute Gasteiger partial charge is 0.264 e. The van der Waals surface area contributed by atoms with Gasteiger partial charge < -0.3 is 4.90 Å². The Balaban J connectivity index is 0.00000441. The summed E-state index contributed by atoms with van der Waals surface area (Å²) in [5, 5.41) is 0.637. The molecule has 0 saturated heterocycles. The lowest BCUT2D eigenvalue weighted by atomic mass is 10.2. The van der Waals surface area contributed by atoms with Crippen LogP contribution >= 0.6 is 35.5 Å². The molecule has 0 fully saturated rings. The number of likely N-dealkylation sites (N-methyl/N-ethyl adjacent to an activating group) is 1. The molecule has 1 amide bonds. The normalized spacial score (nSPS) is 11.4. The second-order valence-electron chi connectivity index (χ2n) is 8.84. The van der Waals surface area contributed by atoms with E-state index in [0.29, 0.717) is 36.0 Å². The molecule has 0 radical (unpaired) electrons. The van der Waals surface area contributed by atoms with Crippen molar-refractivity contribution in [1.29, 1.82) is 0 Å². The van der Waals surface area contributed by atoms with Crippen molar-refractivity contribution < 1.29 is 13.2 Å². The first-order valence-electron chi connectivity index (χ1n) is 13.0. The summed E-state index contributed by atoms with van der Waals surface area (Å²) in [6, 6.07) is 21.4. The van der Waals surface area contributed by atoms with Gasteiger partial charge in [-0.2, -0.15) is 0 Å². The van der Waals surface area contributed by atoms with Gasteiger partial charge in [-0.15, -0.1) is 24.2 Å². The van der Waals surface area contributed by atoms with E-state index >= 15 is 0 Å². The lowest BCUT2D eigenvalue weighted by molar-refractivity contribution is 0.0983. The van der Waals surface area contributed by atoms with E-state index in [1.165, 1.54) is 27.8 Å². The first kappa shape index (κ1) is 31.9. The Morgan fingerprint density at radius 2 is 1.57 bits per heavy atom. The minimum atomic E-state index is -3.78. The van der Waals surface area contributed by atoms with Crippen LogP contribution in [0.5, 0.6) is 0 Å². The number of thiazole rings is 1. The largest absolute Gasteiger partial charge is 0.302 e. The molecular formula is C29H35ClN4O3S3. The zero-order chi connectivity index (χ0) is 28.0. The Labute approximate surface area is 251 Å². The second-order valence-corrected chi connectivity index (χ2v) is 12.6. The Hall–Kier alpha value is -2.63. The van der Waals surface area contributed by atoms with E-state index in [-0.39, 0.29) is 23.2 Å². The van der Waals surface area contributed by atoms with Crippen LogP contribution in [-0.4, -0.2) is 63.2 Å². The molecule has 40 heavy (non-hydrogen) atoms. The highest BCUT2D eigenvalue weighted by molar-refractivity contribution is 7.98. The summed E-state index contributed by atoms with van der Waals surface area (Å²) < 4.78 is 29.2. The van der Waals surface area contributed by atoms with Crippen LogP contribution in [-0.2, 0) is 10.0 Å². The maximum Gasteiger partial charge on any atom is 0.264 e. The number of amides is 1. The Kier molecular flexibility index (Phi) is 11.4. The van der Waals surface area contributed by atoms with E-state index in [0.717, 1.165) is 28.2 Å². The molecule has 0 saturated carbocycles. The Morgan fingerprint density at radius 1 is 0.900 bits per heavy atom. The zero-order valence-corrected chi connectivity index (χ0v) is 26.4. The molecule has 4 aromatic rings. The molecule has 214 valence electrons. The first-order chi connectivity index (χ1) is 18.8. The molecule has 3 aromatic carbocycles. The number of anilines is 2. The molecule has 0 aliphatic rings. The van der Waals surface area contributed by atoms with Gasteiger partial charge in [0.2, 0.25) is 0 Å². The number of benzene rings is 3. The average molecular weight is 619 g/mol. The van der Waals surface area contributed by atoms with Crippen molar-refractivity contribution in [2.24, 2.45) is 0 Å². The molecule has 0 spiro atoms. The number of sulfonamides is 1. The minimum absolute atomic E-state index is 0. The van der Waals surface area contributed by atoms with Crippen LogP contribution in [0.25, 0.3) is 10.2 Å². The van der Waals surface area contributed by atoms with Crippen LogP contribution in [0.3, 0.4) is 0 Å². The van der Waals surface area contributed by atoms with Crippen LogP contribution in [0, 0.1) is 0 Å². The lowest BCUT2D eigenvalue weighted by Crippen LogP contribution is -2.39. The van der Waals surface area contributed by atoms with Crippen molar-refractivity contribution in [1.82, 2.24) is 9.88 Å². The van der Waals surface area contributed by atoms with Crippen LogP contribution in [0.15, 0.2) is 82.6 Å². The fourth-order valence-corrected chi connectivity index (χ4v) is 7.36. The fraction of sp³-hybridized carbons (Fsp3) is 0.310. The Morgan fingerprint density at radius 3 is 2.17 bits per heavy atom. The number of para-hydroxylation sites is 1. The van der Waals surface area contributed by atoms with E-state index in [9.17, 15) is 13.2 Å². The number of aromatic nitrogens is 1. The van der Waals surface area contributed by atoms with Crippen molar-refractivity contribution in [3.8, 4) is 0 Å². The standard InChI is InChI=1S/C29H34N4O3S3.ClH/c1-5-31(6-2)19-20-32(29-30-26-18-15-24(37-4)21-27(26)38-29)28(34)22-13-16-25(17-14-22)39(35,36)33(7-3)23-11-9-8-10-12-23;/h8-18,21H,5-7,19-20H2,1-4H3;1H. The van der Waals surface area contributed by atoms with Crippen molar-refractivity contribution in [2.75, 3.05) is 48.2 Å². The van der Waals surface area contributed by atoms with Gasteiger partial charge in [-0.3, -0.25) is 14.0 Å². The van der Waals surface area contributed by atoms with Crippen molar-refractivity contribution in [2.45, 2.75) is 30.6 Å². The van der Waals surface area contributed by atoms with Gasteiger partial charge >= 0.3 is 0 Å². The monoisotopic (exact) mass is 618 g/mol. The van der Waals surface area contributed by atoms with Crippen LogP contribution in [0.4, 0.5) is 10.8 Å². The summed E-state index contributed by atoms with van der Waals surface area (Å²) in [5.41, 5.74) is 1.87. The van der Waals surface area contributed by atoms with Crippen molar-refractivity contribution in [3.63, 3.8) is 0 Å². The summed E-state index contributed by atoms with van der Waals surface area (Å²) in [7, 11) is -3.78. The van der Waals surface area contributed by atoms with Crippen LogP contribution in [0.2, 0.25) is 0 Å². The predicted molar refractivity (Wildman–Crippen MR) is 171 cm³/mol. The highest BCUT2D eigenvalue weighted by atomic mass is 35.5. The molecule has 0 bridgehead atoms. The molecular weight excluding hydrogens is 584 g/mol.